The van der Waals surface area contributed by atoms with E-state index in [1.54, 1.807) is 11.1 Å². The molecule has 1 aromatic heterocycles. The van der Waals surface area contributed by atoms with Crippen molar-refractivity contribution in [2.24, 2.45) is 0 Å². The maximum absolute atomic E-state index is 3.70. The molecule has 1 aliphatic carbocycles. The molecule has 0 nitrogen and oxygen atoms in total. The van der Waals surface area contributed by atoms with Crippen molar-refractivity contribution in [3.05, 3.63) is 69.5 Å². The number of fused-ring (bicyclic) bond motifs is 3. The zero-order chi connectivity index (χ0) is 21.7. The van der Waals surface area contributed by atoms with E-state index in [-0.39, 0.29) is 5.41 Å². The highest BCUT2D eigenvalue weighted by atomic mass is 79.9. The molecule has 3 aromatic rings. The third kappa shape index (κ3) is 4.57. The second kappa shape index (κ2) is 10.5. The van der Waals surface area contributed by atoms with Gasteiger partial charge in [0.1, 0.15) is 0 Å². The van der Waals surface area contributed by atoms with Crippen LogP contribution in [0.3, 0.4) is 0 Å². The molecule has 0 unspecified atom stereocenters. The summed E-state index contributed by atoms with van der Waals surface area (Å²) in [5.41, 5.74) is 7.75. The van der Waals surface area contributed by atoms with Gasteiger partial charge in [-0.25, -0.2) is 0 Å². The smallest absolute Gasteiger partial charge is 0.0705 e. The van der Waals surface area contributed by atoms with Gasteiger partial charge in [-0.3, -0.25) is 0 Å². The highest BCUT2D eigenvalue weighted by Crippen LogP contribution is 2.57. The fraction of sp³-hybridized carbons (Fsp3) is 0.448. The predicted octanol–water partition coefficient (Wildman–Crippen LogP) is 10.4. The van der Waals surface area contributed by atoms with E-state index in [0.29, 0.717) is 0 Å². The highest BCUT2D eigenvalue weighted by Gasteiger charge is 2.43. The van der Waals surface area contributed by atoms with Crippen LogP contribution in [0.15, 0.2) is 58.4 Å². The van der Waals surface area contributed by atoms with E-state index in [2.05, 4.69) is 84.4 Å². The van der Waals surface area contributed by atoms with Gasteiger partial charge in [-0.2, -0.15) is 0 Å². The zero-order valence-corrected chi connectivity index (χ0v) is 21.5. The van der Waals surface area contributed by atoms with Crippen LogP contribution in [0, 0.1) is 0 Å². The van der Waals surface area contributed by atoms with E-state index in [1.165, 1.54) is 89.6 Å². The summed E-state index contributed by atoms with van der Waals surface area (Å²) in [4.78, 5) is 1.39. The topological polar surface area (TPSA) is 0 Å². The number of hydrogen-bond acceptors (Lipinski definition) is 1. The molecule has 0 radical (unpaired) electrons. The Bertz CT molecular complexity index is 987. The summed E-state index contributed by atoms with van der Waals surface area (Å²) in [6.45, 7) is 4.63. The molecule has 0 atom stereocenters. The minimum Gasteiger partial charge on any atom is -0.128 e. The third-order valence-corrected chi connectivity index (χ3v) is 8.69. The van der Waals surface area contributed by atoms with Crippen molar-refractivity contribution >= 4 is 27.3 Å². The van der Waals surface area contributed by atoms with E-state index < -0.39 is 0 Å². The van der Waals surface area contributed by atoms with Gasteiger partial charge in [0.15, 0.2) is 0 Å². The number of rotatable bonds is 11. The number of thiophene rings is 1. The summed E-state index contributed by atoms with van der Waals surface area (Å²) in [7, 11) is 0. The molecule has 2 heteroatoms. The lowest BCUT2D eigenvalue weighted by Crippen LogP contribution is -2.26. The first-order valence-corrected chi connectivity index (χ1v) is 13.8. The molecule has 0 saturated heterocycles. The zero-order valence-electron chi connectivity index (χ0n) is 19.1. The molecule has 1 aliphatic rings. The molecule has 0 amide bonds. The van der Waals surface area contributed by atoms with Crippen molar-refractivity contribution in [3.63, 3.8) is 0 Å². The van der Waals surface area contributed by atoms with Crippen molar-refractivity contribution in [2.75, 3.05) is 0 Å². The van der Waals surface area contributed by atoms with Gasteiger partial charge in [-0.1, -0.05) is 108 Å². The summed E-state index contributed by atoms with van der Waals surface area (Å²) >= 11 is 5.57. The molecular weight excluding hydrogens is 460 g/mol. The Balaban J connectivity index is 1.84. The lowest BCUT2D eigenvalue weighted by Gasteiger charge is -2.34. The minimum absolute atomic E-state index is 0.153. The molecule has 0 aliphatic heterocycles. The molecule has 164 valence electrons. The van der Waals surface area contributed by atoms with Gasteiger partial charge in [0, 0.05) is 10.3 Å². The van der Waals surface area contributed by atoms with Crippen LogP contribution in [0.2, 0.25) is 0 Å². The van der Waals surface area contributed by atoms with Gasteiger partial charge >= 0.3 is 0 Å². The Hall–Kier alpha value is -1.38. The first-order chi connectivity index (χ1) is 15.2. The average Bonchev–Trinajstić information content (AvgIpc) is 3.35. The normalized spacial score (nSPS) is 13.9. The van der Waals surface area contributed by atoms with Crippen molar-refractivity contribution < 1.29 is 0 Å². The van der Waals surface area contributed by atoms with Crippen LogP contribution in [0.5, 0.6) is 0 Å². The fourth-order valence-electron chi connectivity index (χ4n) is 5.58. The molecule has 0 bridgehead atoms. The maximum atomic E-state index is 3.70. The standard InChI is InChI=1S/C29H35BrS/c1-3-5-7-11-20-29(21-12-8-6-4-2)25-17-10-9-14-22(25)23-15-13-16-24(28(23)29)26-18-19-27(30)31-26/h9-10,13-19H,3-8,11-12,20-21H2,1-2H3. The van der Waals surface area contributed by atoms with E-state index >= 15 is 0 Å². The summed E-state index contributed by atoms with van der Waals surface area (Å²) in [6, 6.07) is 20.8. The first kappa shape index (κ1) is 22.8. The minimum atomic E-state index is 0.153. The molecule has 0 N–H and O–H groups in total. The largest absolute Gasteiger partial charge is 0.128 e. The first-order valence-electron chi connectivity index (χ1n) is 12.2. The molecule has 31 heavy (non-hydrogen) atoms. The molecule has 0 saturated carbocycles. The lowest BCUT2D eigenvalue weighted by molar-refractivity contribution is 0.402. The van der Waals surface area contributed by atoms with Crippen LogP contribution in [0.25, 0.3) is 21.6 Å². The number of benzene rings is 2. The van der Waals surface area contributed by atoms with Gasteiger partial charge < -0.3 is 0 Å². The van der Waals surface area contributed by atoms with Gasteiger partial charge in [0.05, 0.1) is 3.79 Å². The summed E-state index contributed by atoms with van der Waals surface area (Å²) < 4.78 is 1.21. The highest BCUT2D eigenvalue weighted by molar-refractivity contribution is 9.11. The number of unbranched alkanes of at least 4 members (excludes halogenated alkanes) is 6. The second-order valence-corrected chi connectivity index (χ2v) is 11.5. The van der Waals surface area contributed by atoms with E-state index in [0.717, 1.165) is 0 Å². The van der Waals surface area contributed by atoms with Crippen LogP contribution in [0.4, 0.5) is 0 Å². The number of halogens is 1. The van der Waals surface area contributed by atoms with Gasteiger partial charge in [0.25, 0.3) is 0 Å². The Labute approximate surface area is 201 Å². The van der Waals surface area contributed by atoms with Crippen molar-refractivity contribution in [3.8, 4) is 21.6 Å². The predicted molar refractivity (Wildman–Crippen MR) is 141 cm³/mol. The molecule has 0 fully saturated rings. The molecular formula is C29H35BrS. The SMILES string of the molecule is CCCCCCC1(CCCCCC)c2ccccc2-c2cccc(-c3ccc(Br)s3)c21. The van der Waals surface area contributed by atoms with Crippen molar-refractivity contribution in [1.29, 1.82) is 0 Å². The monoisotopic (exact) mass is 494 g/mol. The Morgan fingerprint density at radius 1 is 0.677 bits per heavy atom. The van der Waals surface area contributed by atoms with Gasteiger partial charge in [-0.15, -0.1) is 11.3 Å². The van der Waals surface area contributed by atoms with Gasteiger partial charge in [0.2, 0.25) is 0 Å². The summed E-state index contributed by atoms with van der Waals surface area (Å²) in [5, 5.41) is 0. The Morgan fingerprint density at radius 3 is 1.97 bits per heavy atom. The summed E-state index contributed by atoms with van der Waals surface area (Å²) in [6.07, 6.45) is 13.2. The Morgan fingerprint density at radius 2 is 1.32 bits per heavy atom. The van der Waals surface area contributed by atoms with Crippen LogP contribution in [-0.2, 0) is 5.41 Å². The van der Waals surface area contributed by atoms with Crippen LogP contribution in [0.1, 0.15) is 89.2 Å². The van der Waals surface area contributed by atoms with Crippen molar-refractivity contribution in [1.82, 2.24) is 0 Å². The molecule has 2 aromatic carbocycles. The molecule has 0 spiro atoms. The molecule has 4 rings (SSSR count). The second-order valence-electron chi connectivity index (χ2n) is 9.08. The average molecular weight is 496 g/mol. The van der Waals surface area contributed by atoms with E-state index in [4.69, 9.17) is 0 Å². The third-order valence-electron chi connectivity index (χ3n) is 7.03. The van der Waals surface area contributed by atoms with Crippen LogP contribution in [-0.4, -0.2) is 0 Å². The van der Waals surface area contributed by atoms with E-state index in [1.807, 2.05) is 11.3 Å². The summed E-state index contributed by atoms with van der Waals surface area (Å²) in [5.74, 6) is 0. The maximum Gasteiger partial charge on any atom is 0.0705 e. The van der Waals surface area contributed by atoms with E-state index in [9.17, 15) is 0 Å². The fourth-order valence-corrected chi connectivity index (χ4v) is 7.00. The van der Waals surface area contributed by atoms with Gasteiger partial charge in [-0.05, 0) is 68.7 Å². The quantitative estimate of drug-likeness (QED) is 0.232. The van der Waals surface area contributed by atoms with Crippen LogP contribution < -0.4 is 0 Å². The Kier molecular flexibility index (Phi) is 7.72. The number of hydrogen-bond donors (Lipinski definition) is 0. The van der Waals surface area contributed by atoms with Crippen molar-refractivity contribution in [2.45, 2.75) is 83.5 Å². The molecule has 1 heterocycles. The lowest BCUT2D eigenvalue weighted by atomic mass is 9.69. The van der Waals surface area contributed by atoms with Crippen LogP contribution >= 0.6 is 27.3 Å².